The molecule has 1 aromatic heterocycles. The van der Waals surface area contributed by atoms with E-state index in [-0.39, 0.29) is 17.9 Å². The molecule has 0 bridgehead atoms. The highest BCUT2D eigenvalue weighted by molar-refractivity contribution is 7.99. The van der Waals surface area contributed by atoms with Crippen LogP contribution in [-0.2, 0) is 14.3 Å². The number of thioether (sulfide) groups is 1. The van der Waals surface area contributed by atoms with Gasteiger partial charge in [0.1, 0.15) is 0 Å². The zero-order valence-electron chi connectivity index (χ0n) is 16.1. The Hall–Kier alpha value is -2.12. The minimum Gasteiger partial charge on any atom is -0.466 e. The summed E-state index contributed by atoms with van der Waals surface area (Å²) in [5, 5.41) is 8.30. The third kappa shape index (κ3) is 5.23. The Balaban J connectivity index is 1.67. The molecule has 3 rings (SSSR count). The lowest BCUT2D eigenvalue weighted by Gasteiger charge is -2.22. The first-order valence-corrected chi connectivity index (χ1v) is 11.3. The molecule has 1 aliphatic rings. The van der Waals surface area contributed by atoms with Crippen LogP contribution in [0.5, 0.6) is 0 Å². The van der Waals surface area contributed by atoms with Crippen molar-refractivity contribution in [3.63, 3.8) is 0 Å². The molecular formula is C21H24N2O3S2. The van der Waals surface area contributed by atoms with Crippen molar-refractivity contribution >= 4 is 40.7 Å². The van der Waals surface area contributed by atoms with Gasteiger partial charge in [0.05, 0.1) is 35.4 Å². The maximum Gasteiger partial charge on any atom is 0.306 e. The molecule has 7 heteroatoms. The Morgan fingerprint density at radius 2 is 2.07 bits per heavy atom. The van der Waals surface area contributed by atoms with E-state index in [9.17, 15) is 9.59 Å². The van der Waals surface area contributed by atoms with Gasteiger partial charge in [-0.25, -0.2) is 5.01 Å². The molecule has 1 atom stereocenters. The molecule has 1 aromatic carbocycles. The molecule has 0 fully saturated rings. The number of carbonyl (C=O) groups is 2. The van der Waals surface area contributed by atoms with Gasteiger partial charge in [0.2, 0.25) is 0 Å². The van der Waals surface area contributed by atoms with Gasteiger partial charge in [-0.2, -0.15) is 16.9 Å². The summed E-state index contributed by atoms with van der Waals surface area (Å²) in [7, 11) is 0. The molecule has 5 nitrogen and oxygen atoms in total. The Labute approximate surface area is 173 Å². The summed E-state index contributed by atoms with van der Waals surface area (Å²) in [6.45, 7) is 4.22. The second kappa shape index (κ2) is 9.89. The molecule has 0 radical (unpaired) electrons. The summed E-state index contributed by atoms with van der Waals surface area (Å²) in [5.74, 6) is 0.600. The number of ether oxygens (including phenoxy) is 1. The number of esters is 1. The highest BCUT2D eigenvalue weighted by atomic mass is 32.2. The molecule has 28 heavy (non-hydrogen) atoms. The van der Waals surface area contributed by atoms with Gasteiger partial charge in [-0.1, -0.05) is 35.9 Å². The average molecular weight is 417 g/mol. The van der Waals surface area contributed by atoms with E-state index in [0.717, 1.165) is 16.2 Å². The van der Waals surface area contributed by atoms with Crippen molar-refractivity contribution < 1.29 is 14.3 Å². The van der Waals surface area contributed by atoms with Gasteiger partial charge in [0, 0.05) is 12.2 Å². The molecule has 2 aromatic rings. The summed E-state index contributed by atoms with van der Waals surface area (Å²) in [5.41, 5.74) is 3.23. The number of hydrogen-bond donors (Lipinski definition) is 0. The van der Waals surface area contributed by atoms with Gasteiger partial charge in [-0.05, 0) is 30.9 Å². The molecule has 0 unspecified atom stereocenters. The van der Waals surface area contributed by atoms with Crippen LogP contribution < -0.4 is 0 Å². The van der Waals surface area contributed by atoms with Crippen molar-refractivity contribution in [2.24, 2.45) is 5.10 Å². The predicted molar refractivity (Wildman–Crippen MR) is 115 cm³/mol. The van der Waals surface area contributed by atoms with Gasteiger partial charge in [-0.15, -0.1) is 11.3 Å². The molecule has 0 aliphatic carbocycles. The normalized spacial score (nSPS) is 16.1. The number of aryl methyl sites for hydroxylation is 1. The largest absolute Gasteiger partial charge is 0.466 e. The van der Waals surface area contributed by atoms with E-state index >= 15 is 0 Å². The lowest BCUT2D eigenvalue weighted by atomic mass is 10.00. The highest BCUT2D eigenvalue weighted by Crippen LogP contribution is 2.34. The van der Waals surface area contributed by atoms with Gasteiger partial charge in [0.15, 0.2) is 0 Å². The molecule has 0 saturated heterocycles. The number of rotatable bonds is 8. The minimum atomic E-state index is -0.223. The summed E-state index contributed by atoms with van der Waals surface area (Å²) in [4.78, 5) is 25.4. The maximum atomic E-state index is 12.9. The van der Waals surface area contributed by atoms with E-state index in [4.69, 9.17) is 4.74 Å². The first-order valence-electron chi connectivity index (χ1n) is 9.32. The summed E-state index contributed by atoms with van der Waals surface area (Å²) < 4.78 is 4.92. The van der Waals surface area contributed by atoms with Crippen molar-refractivity contribution in [2.75, 3.05) is 18.1 Å². The van der Waals surface area contributed by atoms with Gasteiger partial charge in [-0.3, -0.25) is 9.59 Å². The lowest BCUT2D eigenvalue weighted by molar-refractivity contribution is -0.142. The third-order valence-electron chi connectivity index (χ3n) is 4.42. The monoisotopic (exact) mass is 416 g/mol. The fraction of sp³-hybridized carbons (Fsp3) is 0.381. The molecule has 148 valence electrons. The maximum absolute atomic E-state index is 12.9. The smallest absolute Gasteiger partial charge is 0.306 e. The number of benzene rings is 1. The number of carbonyl (C=O) groups excluding carboxylic acids is 2. The van der Waals surface area contributed by atoms with Crippen LogP contribution in [-0.4, -0.2) is 40.7 Å². The van der Waals surface area contributed by atoms with Gasteiger partial charge in [0.25, 0.3) is 5.91 Å². The van der Waals surface area contributed by atoms with E-state index < -0.39 is 0 Å². The van der Waals surface area contributed by atoms with Gasteiger partial charge >= 0.3 is 5.97 Å². The highest BCUT2D eigenvalue weighted by Gasteiger charge is 2.33. The Morgan fingerprint density at radius 3 is 2.75 bits per heavy atom. The number of amides is 1. The van der Waals surface area contributed by atoms with E-state index in [1.165, 1.54) is 17.3 Å². The predicted octanol–water partition coefficient (Wildman–Crippen LogP) is 4.42. The van der Waals surface area contributed by atoms with Crippen LogP contribution in [0.3, 0.4) is 0 Å². The van der Waals surface area contributed by atoms with Crippen LogP contribution in [0, 0.1) is 6.92 Å². The van der Waals surface area contributed by atoms with E-state index in [1.807, 2.05) is 17.5 Å². The topological polar surface area (TPSA) is 59.0 Å². The van der Waals surface area contributed by atoms with Crippen LogP contribution in [0.4, 0.5) is 0 Å². The van der Waals surface area contributed by atoms with E-state index in [1.54, 1.807) is 23.3 Å². The second-order valence-corrected chi connectivity index (χ2v) is 8.55. The molecule has 0 saturated carbocycles. The quantitative estimate of drug-likeness (QED) is 0.472. The van der Waals surface area contributed by atoms with Crippen LogP contribution in [0.2, 0.25) is 0 Å². The SMILES string of the molecule is CCOC(=O)CCSCC(=O)N1N=C(c2cccs2)C[C@@H]1c1ccc(C)cc1. The summed E-state index contributed by atoms with van der Waals surface area (Å²) >= 11 is 3.08. The van der Waals surface area contributed by atoms with E-state index in [2.05, 4.69) is 36.3 Å². The zero-order valence-corrected chi connectivity index (χ0v) is 17.7. The van der Waals surface area contributed by atoms with Crippen molar-refractivity contribution in [1.82, 2.24) is 5.01 Å². The number of hydrogen-bond acceptors (Lipinski definition) is 6. The van der Waals surface area contributed by atoms with Crippen molar-refractivity contribution in [2.45, 2.75) is 32.7 Å². The van der Waals surface area contributed by atoms with Crippen LogP contribution >= 0.6 is 23.1 Å². The van der Waals surface area contributed by atoms with Gasteiger partial charge < -0.3 is 4.74 Å². The summed E-state index contributed by atoms with van der Waals surface area (Å²) in [6.07, 6.45) is 1.03. The van der Waals surface area contributed by atoms with Crippen molar-refractivity contribution in [3.05, 3.63) is 57.8 Å². The molecule has 1 amide bonds. The van der Waals surface area contributed by atoms with Crippen LogP contribution in [0.25, 0.3) is 0 Å². The number of thiophene rings is 1. The van der Waals surface area contributed by atoms with Crippen molar-refractivity contribution in [3.8, 4) is 0 Å². The fourth-order valence-electron chi connectivity index (χ4n) is 2.99. The number of nitrogens with zero attached hydrogens (tertiary/aromatic N) is 2. The first-order chi connectivity index (χ1) is 13.6. The van der Waals surface area contributed by atoms with Crippen LogP contribution in [0.1, 0.15) is 41.8 Å². The fourth-order valence-corrected chi connectivity index (χ4v) is 4.48. The molecule has 1 aliphatic heterocycles. The second-order valence-electron chi connectivity index (χ2n) is 6.50. The zero-order chi connectivity index (χ0) is 19.9. The minimum absolute atomic E-state index is 0.0361. The first kappa shape index (κ1) is 20.6. The Kier molecular flexibility index (Phi) is 7.28. The Morgan fingerprint density at radius 1 is 1.29 bits per heavy atom. The molecule has 0 spiro atoms. The third-order valence-corrected chi connectivity index (χ3v) is 6.28. The number of hydrazone groups is 1. The van der Waals surface area contributed by atoms with Crippen molar-refractivity contribution in [1.29, 1.82) is 0 Å². The lowest BCUT2D eigenvalue weighted by Crippen LogP contribution is -2.28. The molecule has 2 heterocycles. The standard InChI is InChI=1S/C21H24N2O3S2/c1-3-26-21(25)10-12-27-14-20(24)23-18(16-8-6-15(2)7-9-16)13-17(22-23)19-5-4-11-28-19/h4-9,11,18H,3,10,12-14H2,1-2H3/t18-/m1/s1. The van der Waals surface area contributed by atoms with Crippen LogP contribution in [0.15, 0.2) is 46.9 Å². The molecular weight excluding hydrogens is 392 g/mol. The van der Waals surface area contributed by atoms with E-state index in [0.29, 0.717) is 31.0 Å². The summed E-state index contributed by atoms with van der Waals surface area (Å²) in [6, 6.07) is 12.2. The molecule has 0 N–H and O–H groups in total. The average Bonchev–Trinajstić information content (AvgIpc) is 3.35. The Bertz CT molecular complexity index is 832.